The molecular weight excluding hydrogens is 188 g/mol. The molecule has 0 bridgehead atoms. The molecule has 11 heavy (non-hydrogen) atoms. The number of rotatable bonds is 2. The van der Waals surface area contributed by atoms with E-state index in [2.05, 4.69) is 5.32 Å². The smallest absolute Gasteiger partial charge is 0.191 e. The maximum absolute atomic E-state index is 8.32. The van der Waals surface area contributed by atoms with Crippen molar-refractivity contribution >= 4 is 35.3 Å². The highest BCUT2D eigenvalue weighted by Crippen LogP contribution is 1.96. The Bertz CT molecular complexity index is 142. The minimum atomic E-state index is -0.254. The molecule has 0 aliphatic rings. The molecule has 7 heteroatoms. The second-order valence-electron chi connectivity index (χ2n) is 1.44. The summed E-state index contributed by atoms with van der Waals surface area (Å²) in [5.74, 6) is 0.189. The molecule has 0 aromatic carbocycles. The fourth-order valence-corrected chi connectivity index (χ4v) is 0.784. The summed E-state index contributed by atoms with van der Waals surface area (Å²) in [6, 6.07) is 0. The summed E-state index contributed by atoms with van der Waals surface area (Å²) in [4.78, 5) is 0. The van der Waals surface area contributed by atoms with E-state index in [0.717, 1.165) is 11.8 Å². The van der Waals surface area contributed by atoms with Crippen molar-refractivity contribution in [2.75, 3.05) is 12.4 Å². The van der Waals surface area contributed by atoms with Crippen LogP contribution in [0.2, 0.25) is 0 Å². The molecule has 0 spiro atoms. The summed E-state index contributed by atoms with van der Waals surface area (Å²) in [5.41, 5.74) is 4.92. The number of thioether (sulfide) groups is 1. The summed E-state index contributed by atoms with van der Waals surface area (Å²) in [6.45, 7) is 0.0205. The third-order valence-electron chi connectivity index (χ3n) is 0.586. The van der Waals surface area contributed by atoms with Crippen LogP contribution >= 0.6 is 24.2 Å². The third-order valence-corrected chi connectivity index (χ3v) is 1.36. The van der Waals surface area contributed by atoms with Crippen LogP contribution in [0.4, 0.5) is 0 Å². The van der Waals surface area contributed by atoms with Crippen molar-refractivity contribution in [1.29, 1.82) is 10.8 Å². The van der Waals surface area contributed by atoms with Gasteiger partial charge in [0.2, 0.25) is 0 Å². The van der Waals surface area contributed by atoms with Crippen molar-refractivity contribution in [2.24, 2.45) is 5.73 Å². The highest BCUT2D eigenvalue weighted by molar-refractivity contribution is 8.13. The number of nitrogens with two attached hydrogens (primary N) is 1. The van der Waals surface area contributed by atoms with E-state index in [1.165, 1.54) is 0 Å². The quantitative estimate of drug-likeness (QED) is 0.306. The van der Waals surface area contributed by atoms with E-state index in [-0.39, 0.29) is 30.1 Å². The van der Waals surface area contributed by atoms with Gasteiger partial charge in [0, 0.05) is 5.75 Å². The fraction of sp³-hybridized carbons (Fsp3) is 0.500. The van der Waals surface area contributed by atoms with Crippen molar-refractivity contribution in [3.63, 3.8) is 0 Å². The van der Waals surface area contributed by atoms with Crippen molar-refractivity contribution in [3.05, 3.63) is 0 Å². The Morgan fingerprint density at radius 2 is 2.09 bits per heavy atom. The van der Waals surface area contributed by atoms with Crippen LogP contribution in [0.15, 0.2) is 0 Å². The van der Waals surface area contributed by atoms with Crippen LogP contribution in [0.1, 0.15) is 0 Å². The Morgan fingerprint density at radius 1 is 1.55 bits per heavy atom. The van der Waals surface area contributed by atoms with E-state index in [0.29, 0.717) is 5.75 Å². The van der Waals surface area contributed by atoms with Crippen LogP contribution in [-0.2, 0) is 0 Å². The predicted octanol–water partition coefficient (Wildman–Crippen LogP) is -0.448. The first-order chi connectivity index (χ1) is 4.66. The van der Waals surface area contributed by atoms with Crippen LogP contribution in [-0.4, -0.2) is 28.6 Å². The van der Waals surface area contributed by atoms with Gasteiger partial charge in [-0.25, -0.2) is 0 Å². The molecule has 0 saturated carbocycles. The van der Waals surface area contributed by atoms with E-state index in [1.807, 2.05) is 0 Å². The number of aliphatic hydroxyl groups is 1. The first kappa shape index (κ1) is 13.2. The molecular formula is C4H11ClN4OS. The van der Waals surface area contributed by atoms with Gasteiger partial charge >= 0.3 is 0 Å². The zero-order valence-electron chi connectivity index (χ0n) is 5.76. The van der Waals surface area contributed by atoms with Gasteiger partial charge < -0.3 is 16.2 Å². The van der Waals surface area contributed by atoms with Gasteiger partial charge in [-0.2, -0.15) is 0 Å². The van der Waals surface area contributed by atoms with Crippen molar-refractivity contribution in [3.8, 4) is 0 Å². The maximum Gasteiger partial charge on any atom is 0.191 e. The lowest BCUT2D eigenvalue weighted by atomic mass is 10.9. The van der Waals surface area contributed by atoms with E-state index in [9.17, 15) is 0 Å². The SMILES string of the molecule is Cl.N=C(N)NC(=N)SCCO. The number of amidine groups is 1. The zero-order valence-corrected chi connectivity index (χ0v) is 7.39. The number of aliphatic hydroxyl groups excluding tert-OH is 1. The molecule has 0 aliphatic heterocycles. The monoisotopic (exact) mass is 198 g/mol. The van der Waals surface area contributed by atoms with Gasteiger partial charge in [0.25, 0.3) is 0 Å². The highest BCUT2D eigenvalue weighted by atomic mass is 35.5. The molecule has 0 rings (SSSR count). The van der Waals surface area contributed by atoms with Crippen LogP contribution < -0.4 is 11.1 Å². The first-order valence-electron chi connectivity index (χ1n) is 2.60. The summed E-state index contributed by atoms with van der Waals surface area (Å²) < 4.78 is 0. The highest BCUT2D eigenvalue weighted by Gasteiger charge is 1.95. The van der Waals surface area contributed by atoms with Crippen LogP contribution in [0.3, 0.4) is 0 Å². The minimum Gasteiger partial charge on any atom is -0.396 e. The van der Waals surface area contributed by atoms with E-state index < -0.39 is 0 Å². The van der Waals surface area contributed by atoms with E-state index >= 15 is 0 Å². The number of nitrogens with one attached hydrogen (secondary N) is 3. The average molecular weight is 199 g/mol. The maximum atomic E-state index is 8.32. The average Bonchev–Trinajstić information content (AvgIpc) is 1.82. The van der Waals surface area contributed by atoms with Crippen molar-refractivity contribution in [2.45, 2.75) is 0 Å². The molecule has 0 aromatic heterocycles. The van der Waals surface area contributed by atoms with E-state index in [4.69, 9.17) is 21.7 Å². The Labute approximate surface area is 75.2 Å². The normalized spacial score (nSPS) is 8.09. The molecule has 66 valence electrons. The van der Waals surface area contributed by atoms with Crippen LogP contribution in [0.5, 0.6) is 0 Å². The van der Waals surface area contributed by atoms with Crippen molar-refractivity contribution in [1.82, 2.24) is 5.32 Å². The van der Waals surface area contributed by atoms with Gasteiger partial charge in [-0.1, -0.05) is 11.8 Å². The standard InChI is InChI=1S/C4H10N4OS.ClH/c5-3(6)8-4(7)10-2-1-9;/h9H,1-2H2,(H5,5,6,7,8);1H. The van der Waals surface area contributed by atoms with Crippen molar-refractivity contribution < 1.29 is 5.11 Å². The summed E-state index contributed by atoms with van der Waals surface area (Å²) in [7, 11) is 0. The lowest BCUT2D eigenvalue weighted by Gasteiger charge is -2.02. The topological polar surface area (TPSA) is 106 Å². The molecule has 6 N–H and O–H groups in total. The van der Waals surface area contributed by atoms with Gasteiger partial charge in [0.1, 0.15) is 0 Å². The summed E-state index contributed by atoms with van der Waals surface area (Å²) in [6.07, 6.45) is 0. The molecule has 0 unspecified atom stereocenters. The molecule has 0 saturated heterocycles. The zero-order chi connectivity index (χ0) is 7.98. The number of hydrogen-bond donors (Lipinski definition) is 5. The van der Waals surface area contributed by atoms with Gasteiger partial charge in [0.05, 0.1) is 6.61 Å². The molecule has 0 aliphatic carbocycles. The van der Waals surface area contributed by atoms with Gasteiger partial charge in [-0.05, 0) is 0 Å². The molecule has 0 fully saturated rings. The van der Waals surface area contributed by atoms with Gasteiger partial charge in [-0.15, -0.1) is 12.4 Å². The number of guanidine groups is 1. The third kappa shape index (κ3) is 9.54. The van der Waals surface area contributed by atoms with E-state index in [1.54, 1.807) is 0 Å². The molecule has 0 aromatic rings. The molecule has 0 atom stereocenters. The Balaban J connectivity index is 0. The largest absolute Gasteiger partial charge is 0.396 e. The predicted molar refractivity (Wildman–Crippen MR) is 49.6 cm³/mol. The lowest BCUT2D eigenvalue weighted by Crippen LogP contribution is -2.33. The molecule has 0 heterocycles. The molecule has 0 amide bonds. The minimum absolute atomic E-state index is 0. The number of hydrogen-bond acceptors (Lipinski definition) is 4. The second-order valence-corrected chi connectivity index (χ2v) is 2.55. The molecule has 5 nitrogen and oxygen atoms in total. The lowest BCUT2D eigenvalue weighted by molar-refractivity contribution is 0.323. The summed E-state index contributed by atoms with van der Waals surface area (Å²) in [5, 5.41) is 24.4. The first-order valence-corrected chi connectivity index (χ1v) is 3.58. The number of halogens is 1. The Morgan fingerprint density at radius 3 is 2.45 bits per heavy atom. The molecule has 0 radical (unpaired) electrons. The second kappa shape index (κ2) is 7.64. The summed E-state index contributed by atoms with van der Waals surface area (Å²) >= 11 is 1.11. The van der Waals surface area contributed by atoms with Gasteiger partial charge in [-0.3, -0.25) is 10.8 Å². The van der Waals surface area contributed by atoms with Crippen LogP contribution in [0.25, 0.3) is 0 Å². The van der Waals surface area contributed by atoms with Gasteiger partial charge in [0.15, 0.2) is 11.1 Å². The van der Waals surface area contributed by atoms with Crippen LogP contribution in [0, 0.1) is 10.8 Å². The fourth-order valence-electron chi connectivity index (χ4n) is 0.306. The Hall–Kier alpha value is -0.460. The Kier molecular flexibility index (Phi) is 9.14.